The van der Waals surface area contributed by atoms with Crippen LogP contribution in [0.3, 0.4) is 0 Å². The van der Waals surface area contributed by atoms with Crippen LogP contribution in [0.25, 0.3) is 0 Å². The Bertz CT molecular complexity index is 373. The molecule has 0 unspecified atom stereocenters. The Morgan fingerprint density at radius 2 is 1.70 bits per heavy atom. The van der Waals surface area contributed by atoms with Gasteiger partial charge in [0.25, 0.3) is 0 Å². The molecule has 0 radical (unpaired) electrons. The third kappa shape index (κ3) is 6.81. The summed E-state index contributed by atoms with van der Waals surface area (Å²) < 4.78 is 21.1. The van der Waals surface area contributed by atoms with Gasteiger partial charge in [-0.05, 0) is 6.92 Å². The van der Waals surface area contributed by atoms with Crippen LogP contribution in [0.5, 0.6) is 5.75 Å². The molecule has 0 fully saturated rings. The van der Waals surface area contributed by atoms with E-state index in [-0.39, 0.29) is 6.61 Å². The molecule has 0 amide bonds. The highest BCUT2D eigenvalue weighted by Crippen LogP contribution is 2.18. The molecule has 1 rings (SSSR count). The SMILES string of the molecule is COCCOCCOCCOc1cc(C)ncc1CO. The zero-order chi connectivity index (χ0) is 14.6. The summed E-state index contributed by atoms with van der Waals surface area (Å²) in [6.45, 7) is 4.92. The summed E-state index contributed by atoms with van der Waals surface area (Å²) in [4.78, 5) is 4.11. The Morgan fingerprint density at radius 1 is 1.05 bits per heavy atom. The van der Waals surface area contributed by atoms with Gasteiger partial charge in [-0.25, -0.2) is 0 Å². The topological polar surface area (TPSA) is 70.0 Å². The van der Waals surface area contributed by atoms with Crippen molar-refractivity contribution in [2.45, 2.75) is 13.5 Å². The van der Waals surface area contributed by atoms with E-state index in [9.17, 15) is 5.11 Å². The molecule has 1 heterocycles. The van der Waals surface area contributed by atoms with Gasteiger partial charge in [-0.1, -0.05) is 0 Å². The van der Waals surface area contributed by atoms with Crippen molar-refractivity contribution < 1.29 is 24.1 Å². The molecule has 1 aromatic heterocycles. The van der Waals surface area contributed by atoms with E-state index in [0.717, 1.165) is 5.69 Å². The first-order chi connectivity index (χ1) is 9.77. The van der Waals surface area contributed by atoms with Gasteiger partial charge in [0.1, 0.15) is 12.4 Å². The number of aliphatic hydroxyl groups is 1. The summed E-state index contributed by atoms with van der Waals surface area (Å²) in [5, 5.41) is 9.17. The number of aryl methyl sites for hydroxylation is 1. The average Bonchev–Trinajstić information content (AvgIpc) is 2.46. The summed E-state index contributed by atoms with van der Waals surface area (Å²) in [5.41, 5.74) is 1.53. The van der Waals surface area contributed by atoms with E-state index in [1.54, 1.807) is 19.4 Å². The lowest BCUT2D eigenvalue weighted by Gasteiger charge is -2.11. The molecule has 0 saturated heterocycles. The molecule has 1 N–H and O–H groups in total. The molecule has 1 aromatic rings. The number of aliphatic hydroxyl groups excluding tert-OH is 1. The Hall–Kier alpha value is -1.21. The summed E-state index contributed by atoms with van der Waals surface area (Å²) in [6, 6.07) is 1.80. The van der Waals surface area contributed by atoms with E-state index in [4.69, 9.17) is 18.9 Å². The van der Waals surface area contributed by atoms with Crippen molar-refractivity contribution in [3.63, 3.8) is 0 Å². The molecule has 0 bridgehead atoms. The number of hydrogen-bond donors (Lipinski definition) is 1. The fourth-order valence-corrected chi connectivity index (χ4v) is 1.49. The summed E-state index contributed by atoms with van der Waals surface area (Å²) in [7, 11) is 1.64. The second kappa shape index (κ2) is 10.6. The minimum atomic E-state index is -0.0865. The number of aromatic nitrogens is 1. The zero-order valence-electron chi connectivity index (χ0n) is 12.1. The maximum Gasteiger partial charge on any atom is 0.128 e. The Balaban J connectivity index is 2.10. The third-order valence-corrected chi connectivity index (χ3v) is 2.54. The second-order valence-corrected chi connectivity index (χ2v) is 4.16. The van der Waals surface area contributed by atoms with Crippen LogP contribution in [-0.4, -0.2) is 56.8 Å². The largest absolute Gasteiger partial charge is 0.491 e. The number of methoxy groups -OCH3 is 1. The van der Waals surface area contributed by atoms with Gasteiger partial charge in [0.15, 0.2) is 0 Å². The van der Waals surface area contributed by atoms with Crippen LogP contribution in [0.1, 0.15) is 11.3 Å². The monoisotopic (exact) mass is 285 g/mol. The Morgan fingerprint density at radius 3 is 2.35 bits per heavy atom. The first kappa shape index (κ1) is 16.8. The van der Waals surface area contributed by atoms with Gasteiger partial charge in [0, 0.05) is 30.6 Å². The standard InChI is InChI=1S/C14H23NO5/c1-12-9-14(13(11-16)10-15-12)20-8-7-19-6-5-18-4-3-17-2/h9-10,16H,3-8,11H2,1-2H3. The van der Waals surface area contributed by atoms with Gasteiger partial charge in [-0.3, -0.25) is 4.98 Å². The maximum atomic E-state index is 9.17. The van der Waals surface area contributed by atoms with Gasteiger partial charge < -0.3 is 24.1 Å². The van der Waals surface area contributed by atoms with E-state index in [1.807, 2.05) is 6.92 Å². The fraction of sp³-hybridized carbons (Fsp3) is 0.643. The molecule has 0 aliphatic carbocycles. The number of ether oxygens (including phenoxy) is 4. The van der Waals surface area contributed by atoms with Crippen molar-refractivity contribution in [3.8, 4) is 5.75 Å². The molecule has 114 valence electrons. The van der Waals surface area contributed by atoms with E-state index in [0.29, 0.717) is 51.0 Å². The predicted molar refractivity (Wildman–Crippen MR) is 73.9 cm³/mol. The Labute approximate surface area is 119 Å². The van der Waals surface area contributed by atoms with Crippen LogP contribution in [0.15, 0.2) is 12.3 Å². The lowest BCUT2D eigenvalue weighted by molar-refractivity contribution is 0.0178. The molecule has 0 atom stereocenters. The molecular weight excluding hydrogens is 262 g/mol. The van der Waals surface area contributed by atoms with Gasteiger partial charge in [-0.2, -0.15) is 0 Å². The van der Waals surface area contributed by atoms with Crippen molar-refractivity contribution in [2.24, 2.45) is 0 Å². The molecule has 0 saturated carbocycles. The molecule has 6 nitrogen and oxygen atoms in total. The molecule has 20 heavy (non-hydrogen) atoms. The molecule has 0 aliphatic heterocycles. The van der Waals surface area contributed by atoms with Crippen molar-refractivity contribution in [3.05, 3.63) is 23.5 Å². The number of nitrogens with zero attached hydrogens (tertiary/aromatic N) is 1. The highest BCUT2D eigenvalue weighted by molar-refractivity contribution is 5.32. The molecule has 0 aromatic carbocycles. The average molecular weight is 285 g/mol. The lowest BCUT2D eigenvalue weighted by atomic mass is 10.2. The van der Waals surface area contributed by atoms with Crippen molar-refractivity contribution in [1.29, 1.82) is 0 Å². The van der Waals surface area contributed by atoms with Crippen LogP contribution < -0.4 is 4.74 Å². The van der Waals surface area contributed by atoms with Crippen molar-refractivity contribution >= 4 is 0 Å². The van der Waals surface area contributed by atoms with Crippen molar-refractivity contribution in [2.75, 3.05) is 46.8 Å². The maximum absolute atomic E-state index is 9.17. The van der Waals surface area contributed by atoms with Crippen LogP contribution in [-0.2, 0) is 20.8 Å². The van der Waals surface area contributed by atoms with Crippen LogP contribution in [0.2, 0.25) is 0 Å². The van der Waals surface area contributed by atoms with E-state index in [1.165, 1.54) is 0 Å². The quantitative estimate of drug-likeness (QED) is 0.610. The smallest absolute Gasteiger partial charge is 0.128 e. The number of hydrogen-bond acceptors (Lipinski definition) is 6. The van der Waals surface area contributed by atoms with Gasteiger partial charge in [-0.15, -0.1) is 0 Å². The van der Waals surface area contributed by atoms with E-state index < -0.39 is 0 Å². The van der Waals surface area contributed by atoms with E-state index >= 15 is 0 Å². The normalized spacial score (nSPS) is 10.8. The zero-order valence-corrected chi connectivity index (χ0v) is 12.1. The highest BCUT2D eigenvalue weighted by atomic mass is 16.6. The number of rotatable bonds is 11. The van der Waals surface area contributed by atoms with Gasteiger partial charge in [0.2, 0.25) is 0 Å². The van der Waals surface area contributed by atoms with Crippen molar-refractivity contribution in [1.82, 2.24) is 4.98 Å². The molecule has 0 aliphatic rings. The summed E-state index contributed by atoms with van der Waals surface area (Å²) in [5.74, 6) is 0.653. The first-order valence-corrected chi connectivity index (χ1v) is 6.61. The van der Waals surface area contributed by atoms with Crippen LogP contribution >= 0.6 is 0 Å². The molecular formula is C14H23NO5. The third-order valence-electron chi connectivity index (χ3n) is 2.54. The summed E-state index contributed by atoms with van der Waals surface area (Å²) in [6.07, 6.45) is 1.62. The van der Waals surface area contributed by atoms with Gasteiger partial charge in [0.05, 0.1) is 39.6 Å². The second-order valence-electron chi connectivity index (χ2n) is 4.16. The number of pyridine rings is 1. The predicted octanol–water partition coefficient (Wildman–Crippen LogP) is 0.941. The van der Waals surface area contributed by atoms with Gasteiger partial charge >= 0.3 is 0 Å². The first-order valence-electron chi connectivity index (χ1n) is 6.61. The lowest BCUT2D eigenvalue weighted by Crippen LogP contribution is -2.13. The highest BCUT2D eigenvalue weighted by Gasteiger charge is 2.03. The minimum absolute atomic E-state index is 0.0865. The van der Waals surface area contributed by atoms with Crippen LogP contribution in [0, 0.1) is 6.92 Å². The summed E-state index contributed by atoms with van der Waals surface area (Å²) >= 11 is 0. The van der Waals surface area contributed by atoms with Crippen LogP contribution in [0.4, 0.5) is 0 Å². The van der Waals surface area contributed by atoms with E-state index in [2.05, 4.69) is 4.98 Å². The Kier molecular flexibility index (Phi) is 8.90. The fourth-order valence-electron chi connectivity index (χ4n) is 1.49. The molecule has 0 spiro atoms. The molecule has 6 heteroatoms. The minimum Gasteiger partial charge on any atom is -0.491 e.